The summed E-state index contributed by atoms with van der Waals surface area (Å²) in [5.74, 6) is -1.22. The number of hydrogen-bond acceptors (Lipinski definition) is 6. The Kier molecular flexibility index (Phi) is 6.97. The summed E-state index contributed by atoms with van der Waals surface area (Å²) in [5.41, 5.74) is 0.621. The molecule has 0 unspecified atom stereocenters. The van der Waals surface area contributed by atoms with Gasteiger partial charge in [-0.05, 0) is 24.6 Å². The summed E-state index contributed by atoms with van der Waals surface area (Å²) in [4.78, 5) is 38.1. The van der Waals surface area contributed by atoms with Crippen molar-refractivity contribution in [1.29, 1.82) is 0 Å². The molecule has 1 fully saturated rings. The SMILES string of the molecule is CCC[C@H]1COCCN1C(=O)Nc1cc(C(=O)OC)cc(C(=O)OC)c1. The quantitative estimate of drug-likeness (QED) is 0.806. The highest BCUT2D eigenvalue weighted by atomic mass is 16.5. The van der Waals surface area contributed by atoms with E-state index in [1.165, 1.54) is 32.4 Å². The maximum atomic E-state index is 12.7. The monoisotopic (exact) mass is 364 g/mol. The highest BCUT2D eigenvalue weighted by molar-refractivity contribution is 5.99. The minimum atomic E-state index is -0.610. The molecule has 142 valence electrons. The lowest BCUT2D eigenvalue weighted by Gasteiger charge is -2.35. The van der Waals surface area contributed by atoms with E-state index in [1.54, 1.807) is 4.90 Å². The van der Waals surface area contributed by atoms with Crippen LogP contribution in [-0.2, 0) is 14.2 Å². The summed E-state index contributed by atoms with van der Waals surface area (Å²) in [5, 5.41) is 2.75. The van der Waals surface area contributed by atoms with Gasteiger partial charge in [0.05, 0.1) is 44.6 Å². The van der Waals surface area contributed by atoms with Gasteiger partial charge in [0.25, 0.3) is 0 Å². The van der Waals surface area contributed by atoms with Crippen LogP contribution in [0.3, 0.4) is 0 Å². The molecule has 8 heteroatoms. The molecule has 1 heterocycles. The zero-order valence-corrected chi connectivity index (χ0v) is 15.2. The summed E-state index contributed by atoms with van der Waals surface area (Å²) in [7, 11) is 2.49. The van der Waals surface area contributed by atoms with Gasteiger partial charge >= 0.3 is 18.0 Å². The summed E-state index contributed by atoms with van der Waals surface area (Å²) in [6.07, 6.45) is 1.77. The summed E-state index contributed by atoms with van der Waals surface area (Å²) in [6, 6.07) is 3.99. The van der Waals surface area contributed by atoms with Crippen LogP contribution in [-0.4, -0.2) is 62.9 Å². The summed E-state index contributed by atoms with van der Waals surface area (Å²) in [6.45, 7) is 3.50. The van der Waals surface area contributed by atoms with Gasteiger partial charge in [-0.1, -0.05) is 13.3 Å². The zero-order valence-electron chi connectivity index (χ0n) is 15.2. The number of rotatable bonds is 5. The van der Waals surface area contributed by atoms with E-state index in [0.29, 0.717) is 25.4 Å². The predicted octanol–water partition coefficient (Wildman–Crippen LogP) is 2.29. The first-order valence-corrected chi connectivity index (χ1v) is 8.47. The molecule has 1 atom stereocenters. The van der Waals surface area contributed by atoms with Crippen molar-refractivity contribution in [2.24, 2.45) is 0 Å². The maximum Gasteiger partial charge on any atom is 0.337 e. The lowest BCUT2D eigenvalue weighted by molar-refractivity contribution is 0.0125. The van der Waals surface area contributed by atoms with Gasteiger partial charge in [0.1, 0.15) is 0 Å². The van der Waals surface area contributed by atoms with Gasteiger partial charge in [0.15, 0.2) is 0 Å². The number of urea groups is 1. The van der Waals surface area contributed by atoms with E-state index in [9.17, 15) is 14.4 Å². The third-order valence-electron chi connectivity index (χ3n) is 4.14. The summed E-state index contributed by atoms with van der Waals surface area (Å²) < 4.78 is 14.8. The molecule has 0 saturated carbocycles. The van der Waals surface area contributed by atoms with Crippen LogP contribution in [0.4, 0.5) is 10.5 Å². The predicted molar refractivity (Wildman–Crippen MR) is 94.4 cm³/mol. The number of benzene rings is 1. The van der Waals surface area contributed by atoms with Crippen LogP contribution in [0.1, 0.15) is 40.5 Å². The van der Waals surface area contributed by atoms with Crippen LogP contribution in [0.5, 0.6) is 0 Å². The molecular weight excluding hydrogens is 340 g/mol. The molecule has 1 aromatic rings. The highest BCUT2D eigenvalue weighted by Gasteiger charge is 2.27. The number of morpholine rings is 1. The average Bonchev–Trinajstić information content (AvgIpc) is 2.67. The third kappa shape index (κ3) is 4.72. The number of methoxy groups -OCH3 is 2. The van der Waals surface area contributed by atoms with E-state index < -0.39 is 11.9 Å². The van der Waals surface area contributed by atoms with Crippen LogP contribution in [0, 0.1) is 0 Å². The normalized spacial score (nSPS) is 16.7. The number of esters is 2. The first-order valence-electron chi connectivity index (χ1n) is 8.47. The second-order valence-corrected chi connectivity index (χ2v) is 5.92. The molecule has 1 aliphatic rings. The minimum Gasteiger partial charge on any atom is -0.465 e. The Morgan fingerprint density at radius 3 is 2.31 bits per heavy atom. The summed E-state index contributed by atoms with van der Waals surface area (Å²) >= 11 is 0. The van der Waals surface area contributed by atoms with Crippen molar-refractivity contribution < 1.29 is 28.6 Å². The Hall–Kier alpha value is -2.61. The first kappa shape index (κ1) is 19.7. The molecule has 1 saturated heterocycles. The third-order valence-corrected chi connectivity index (χ3v) is 4.14. The molecular formula is C18H24N2O6. The van der Waals surface area contributed by atoms with Gasteiger partial charge in [0, 0.05) is 12.2 Å². The van der Waals surface area contributed by atoms with Crippen LogP contribution in [0.2, 0.25) is 0 Å². The van der Waals surface area contributed by atoms with Gasteiger partial charge in [-0.15, -0.1) is 0 Å². The van der Waals surface area contributed by atoms with Crippen molar-refractivity contribution in [2.75, 3.05) is 39.3 Å². The van der Waals surface area contributed by atoms with E-state index in [1.807, 2.05) is 6.92 Å². The molecule has 1 aromatic carbocycles. The molecule has 0 radical (unpaired) electrons. The molecule has 26 heavy (non-hydrogen) atoms. The number of carbonyl (C=O) groups excluding carboxylic acids is 3. The fraction of sp³-hybridized carbons (Fsp3) is 0.500. The van der Waals surface area contributed by atoms with Crippen molar-refractivity contribution in [3.05, 3.63) is 29.3 Å². The smallest absolute Gasteiger partial charge is 0.337 e. The van der Waals surface area contributed by atoms with Gasteiger partial charge in [-0.2, -0.15) is 0 Å². The lowest BCUT2D eigenvalue weighted by Crippen LogP contribution is -2.50. The topological polar surface area (TPSA) is 94.2 Å². The van der Waals surface area contributed by atoms with E-state index in [-0.39, 0.29) is 23.2 Å². The molecule has 0 aliphatic carbocycles. The van der Waals surface area contributed by atoms with Gasteiger partial charge in [-0.3, -0.25) is 0 Å². The van der Waals surface area contributed by atoms with Gasteiger partial charge in [-0.25, -0.2) is 14.4 Å². The van der Waals surface area contributed by atoms with Crippen LogP contribution >= 0.6 is 0 Å². The van der Waals surface area contributed by atoms with Crippen molar-refractivity contribution >= 4 is 23.7 Å². The Morgan fingerprint density at radius 1 is 1.15 bits per heavy atom. The number of ether oxygens (including phenoxy) is 3. The van der Waals surface area contributed by atoms with E-state index in [2.05, 4.69) is 5.32 Å². The molecule has 0 aromatic heterocycles. The van der Waals surface area contributed by atoms with Crippen LogP contribution in [0.15, 0.2) is 18.2 Å². The molecule has 0 bridgehead atoms. The maximum absolute atomic E-state index is 12.7. The highest BCUT2D eigenvalue weighted by Crippen LogP contribution is 2.19. The van der Waals surface area contributed by atoms with Crippen molar-refractivity contribution in [3.63, 3.8) is 0 Å². The van der Waals surface area contributed by atoms with Crippen LogP contribution < -0.4 is 5.32 Å². The van der Waals surface area contributed by atoms with Crippen LogP contribution in [0.25, 0.3) is 0 Å². The molecule has 0 spiro atoms. The Bertz CT molecular complexity index is 639. The first-order chi connectivity index (χ1) is 12.5. The number of nitrogens with zero attached hydrogens (tertiary/aromatic N) is 1. The molecule has 1 N–H and O–H groups in total. The Balaban J connectivity index is 2.24. The minimum absolute atomic E-state index is 0.00221. The Morgan fingerprint density at radius 2 is 1.77 bits per heavy atom. The zero-order chi connectivity index (χ0) is 19.1. The average molecular weight is 364 g/mol. The standard InChI is InChI=1S/C18H24N2O6/c1-4-5-15-11-26-7-6-20(15)18(23)19-14-9-12(16(21)24-2)8-13(10-14)17(22)25-3/h8-10,15H,4-7,11H2,1-3H3,(H,19,23)/t15-/m0/s1. The number of hydrogen-bond donors (Lipinski definition) is 1. The second-order valence-electron chi connectivity index (χ2n) is 5.92. The number of amides is 2. The van der Waals surface area contributed by atoms with E-state index >= 15 is 0 Å². The van der Waals surface area contributed by atoms with Gasteiger partial charge in [0.2, 0.25) is 0 Å². The molecule has 2 rings (SSSR count). The van der Waals surface area contributed by atoms with E-state index in [0.717, 1.165) is 12.8 Å². The fourth-order valence-electron chi connectivity index (χ4n) is 2.86. The van der Waals surface area contributed by atoms with Crippen molar-refractivity contribution in [1.82, 2.24) is 4.90 Å². The number of carbonyl (C=O) groups is 3. The number of anilines is 1. The lowest BCUT2D eigenvalue weighted by atomic mass is 10.1. The molecule has 2 amide bonds. The largest absolute Gasteiger partial charge is 0.465 e. The van der Waals surface area contributed by atoms with E-state index in [4.69, 9.17) is 14.2 Å². The molecule has 8 nitrogen and oxygen atoms in total. The van der Waals surface area contributed by atoms with Crippen molar-refractivity contribution in [3.8, 4) is 0 Å². The molecule has 1 aliphatic heterocycles. The van der Waals surface area contributed by atoms with Crippen molar-refractivity contribution in [2.45, 2.75) is 25.8 Å². The van der Waals surface area contributed by atoms with Gasteiger partial charge < -0.3 is 24.4 Å². The number of nitrogens with one attached hydrogen (secondary N) is 1. The Labute approximate surface area is 152 Å². The fourth-order valence-corrected chi connectivity index (χ4v) is 2.86. The second kappa shape index (κ2) is 9.19.